The van der Waals surface area contributed by atoms with Gasteiger partial charge in [-0.2, -0.15) is 4.31 Å². The fraction of sp³-hybridized carbons (Fsp3) is 0.429. The molecule has 1 aromatic heterocycles. The maximum Gasteiger partial charge on any atom is 0.243 e. The number of thioether (sulfide) groups is 1. The zero-order chi connectivity index (χ0) is 16.3. The Balaban J connectivity index is 1.75. The molecule has 0 unspecified atom stereocenters. The van der Waals surface area contributed by atoms with Crippen molar-refractivity contribution >= 4 is 21.8 Å². The molecular weight excluding hydrogens is 336 g/mol. The van der Waals surface area contributed by atoms with E-state index >= 15 is 0 Å². The molecule has 1 aromatic carbocycles. The summed E-state index contributed by atoms with van der Waals surface area (Å²) in [5.41, 5.74) is 0.937. The van der Waals surface area contributed by atoms with Gasteiger partial charge in [-0.1, -0.05) is 23.9 Å². The van der Waals surface area contributed by atoms with Gasteiger partial charge in [-0.15, -0.1) is 10.2 Å². The van der Waals surface area contributed by atoms with Crippen molar-refractivity contribution in [2.45, 2.75) is 15.8 Å². The lowest BCUT2D eigenvalue weighted by atomic mass is 10.2. The number of aryl methyl sites for hydroxylation is 1. The van der Waals surface area contributed by atoms with Gasteiger partial charge >= 0.3 is 0 Å². The minimum absolute atomic E-state index is 0.329. The topological polar surface area (TPSA) is 77.3 Å². The third-order valence-electron chi connectivity index (χ3n) is 3.54. The number of rotatable bonds is 5. The molecule has 0 N–H and O–H groups in total. The van der Waals surface area contributed by atoms with Crippen molar-refractivity contribution in [3.8, 4) is 0 Å². The summed E-state index contributed by atoms with van der Waals surface area (Å²) in [7, 11) is -1.58. The van der Waals surface area contributed by atoms with Crippen molar-refractivity contribution in [2.75, 3.05) is 26.3 Å². The molecule has 1 aliphatic heterocycles. The molecule has 0 bridgehead atoms. The largest absolute Gasteiger partial charge is 0.379 e. The molecule has 1 saturated heterocycles. The fourth-order valence-electron chi connectivity index (χ4n) is 2.28. The van der Waals surface area contributed by atoms with E-state index in [0.717, 1.165) is 10.7 Å². The SMILES string of the molecule is Cn1cnnc1SCc1cccc(S(=O)(=O)N2CCOCC2)c1. The molecule has 0 atom stereocenters. The van der Waals surface area contributed by atoms with Gasteiger partial charge in [0, 0.05) is 25.9 Å². The van der Waals surface area contributed by atoms with Gasteiger partial charge in [-0.25, -0.2) is 8.42 Å². The number of morpholine rings is 1. The lowest BCUT2D eigenvalue weighted by Gasteiger charge is -2.26. The van der Waals surface area contributed by atoms with E-state index in [4.69, 9.17) is 4.74 Å². The van der Waals surface area contributed by atoms with Gasteiger partial charge < -0.3 is 9.30 Å². The number of ether oxygens (including phenoxy) is 1. The average molecular weight is 354 g/mol. The van der Waals surface area contributed by atoms with E-state index in [1.165, 1.54) is 16.1 Å². The Hall–Kier alpha value is -1.42. The molecule has 1 fully saturated rings. The maximum atomic E-state index is 12.7. The van der Waals surface area contributed by atoms with E-state index in [9.17, 15) is 8.42 Å². The number of hydrogen-bond acceptors (Lipinski definition) is 6. The minimum Gasteiger partial charge on any atom is -0.379 e. The van der Waals surface area contributed by atoms with Gasteiger partial charge in [0.1, 0.15) is 6.33 Å². The summed E-state index contributed by atoms with van der Waals surface area (Å²) in [6.07, 6.45) is 1.64. The third kappa shape index (κ3) is 3.74. The van der Waals surface area contributed by atoms with Crippen molar-refractivity contribution in [2.24, 2.45) is 7.05 Å². The molecule has 1 aliphatic rings. The lowest BCUT2D eigenvalue weighted by Crippen LogP contribution is -2.40. The molecule has 2 heterocycles. The molecule has 0 saturated carbocycles. The van der Waals surface area contributed by atoms with Crippen LogP contribution in [0.1, 0.15) is 5.56 Å². The van der Waals surface area contributed by atoms with Crippen molar-refractivity contribution in [1.29, 1.82) is 0 Å². The van der Waals surface area contributed by atoms with Crippen LogP contribution in [-0.4, -0.2) is 53.8 Å². The van der Waals surface area contributed by atoms with Crippen LogP contribution >= 0.6 is 11.8 Å². The van der Waals surface area contributed by atoms with Crippen LogP contribution in [0, 0.1) is 0 Å². The predicted octanol–water partition coefficient (Wildman–Crippen LogP) is 1.13. The van der Waals surface area contributed by atoms with Crippen LogP contribution in [0.3, 0.4) is 0 Å². The minimum atomic E-state index is -3.45. The Kier molecular flexibility index (Phi) is 5.00. The van der Waals surface area contributed by atoms with E-state index in [-0.39, 0.29) is 0 Å². The second-order valence-electron chi connectivity index (χ2n) is 5.18. The third-order valence-corrected chi connectivity index (χ3v) is 6.54. The van der Waals surface area contributed by atoms with Gasteiger partial charge in [-0.3, -0.25) is 0 Å². The quantitative estimate of drug-likeness (QED) is 0.749. The summed E-state index contributed by atoms with van der Waals surface area (Å²) in [5.74, 6) is 0.638. The van der Waals surface area contributed by atoms with E-state index in [1.807, 2.05) is 17.7 Å². The highest BCUT2D eigenvalue weighted by molar-refractivity contribution is 7.98. The highest BCUT2D eigenvalue weighted by Crippen LogP contribution is 2.23. The molecule has 0 aliphatic carbocycles. The zero-order valence-electron chi connectivity index (χ0n) is 12.8. The van der Waals surface area contributed by atoms with Crippen molar-refractivity contribution in [1.82, 2.24) is 19.1 Å². The van der Waals surface area contributed by atoms with Gasteiger partial charge in [0.2, 0.25) is 10.0 Å². The monoisotopic (exact) mass is 354 g/mol. The Bertz CT molecular complexity index is 770. The Morgan fingerprint density at radius 1 is 1.30 bits per heavy atom. The van der Waals surface area contributed by atoms with Crippen LogP contribution in [0.25, 0.3) is 0 Å². The molecule has 23 heavy (non-hydrogen) atoms. The van der Waals surface area contributed by atoms with Crippen LogP contribution in [0.4, 0.5) is 0 Å². The molecule has 0 radical (unpaired) electrons. The van der Waals surface area contributed by atoms with E-state index in [1.54, 1.807) is 24.5 Å². The second kappa shape index (κ2) is 7.00. The first-order chi connectivity index (χ1) is 11.1. The van der Waals surface area contributed by atoms with Crippen LogP contribution < -0.4 is 0 Å². The number of hydrogen-bond donors (Lipinski definition) is 0. The molecule has 0 spiro atoms. The van der Waals surface area contributed by atoms with Gasteiger partial charge in [0.15, 0.2) is 5.16 Å². The Morgan fingerprint density at radius 3 is 2.78 bits per heavy atom. The zero-order valence-corrected chi connectivity index (χ0v) is 14.4. The first kappa shape index (κ1) is 16.4. The van der Waals surface area contributed by atoms with Crippen LogP contribution in [0.5, 0.6) is 0 Å². The maximum absolute atomic E-state index is 12.7. The van der Waals surface area contributed by atoms with Crippen molar-refractivity contribution < 1.29 is 13.2 Å². The molecule has 2 aromatic rings. The van der Waals surface area contributed by atoms with Crippen molar-refractivity contribution in [3.63, 3.8) is 0 Å². The molecule has 0 amide bonds. The molecule has 7 nitrogen and oxygen atoms in total. The van der Waals surface area contributed by atoms with E-state index in [2.05, 4.69) is 10.2 Å². The molecule has 9 heteroatoms. The van der Waals surface area contributed by atoms with Gasteiger partial charge in [-0.05, 0) is 17.7 Å². The van der Waals surface area contributed by atoms with Crippen molar-refractivity contribution in [3.05, 3.63) is 36.2 Å². The van der Waals surface area contributed by atoms with E-state index in [0.29, 0.717) is 37.0 Å². The molecule has 3 rings (SSSR count). The predicted molar refractivity (Wildman–Crippen MR) is 86.6 cm³/mol. The highest BCUT2D eigenvalue weighted by Gasteiger charge is 2.26. The summed E-state index contributed by atoms with van der Waals surface area (Å²) in [6, 6.07) is 7.07. The van der Waals surface area contributed by atoms with Crippen LogP contribution in [0.2, 0.25) is 0 Å². The summed E-state index contributed by atoms with van der Waals surface area (Å²) in [6.45, 7) is 1.70. The van der Waals surface area contributed by atoms with Crippen LogP contribution in [0.15, 0.2) is 40.6 Å². The summed E-state index contributed by atoms with van der Waals surface area (Å²) >= 11 is 1.52. The van der Waals surface area contributed by atoms with E-state index < -0.39 is 10.0 Å². The Morgan fingerprint density at radius 2 is 2.09 bits per heavy atom. The van der Waals surface area contributed by atoms with Gasteiger partial charge in [0.25, 0.3) is 0 Å². The first-order valence-corrected chi connectivity index (χ1v) is 9.63. The number of nitrogens with zero attached hydrogens (tertiary/aromatic N) is 4. The van der Waals surface area contributed by atoms with Gasteiger partial charge in [0.05, 0.1) is 18.1 Å². The summed E-state index contributed by atoms with van der Waals surface area (Å²) in [5, 5.41) is 8.64. The summed E-state index contributed by atoms with van der Waals surface area (Å²) in [4.78, 5) is 0.329. The Labute approximate surface area is 139 Å². The smallest absolute Gasteiger partial charge is 0.243 e. The highest BCUT2D eigenvalue weighted by atomic mass is 32.2. The van der Waals surface area contributed by atoms with Crippen LogP contribution in [-0.2, 0) is 27.6 Å². The fourth-order valence-corrected chi connectivity index (χ4v) is 4.59. The second-order valence-corrected chi connectivity index (χ2v) is 8.06. The lowest BCUT2D eigenvalue weighted by molar-refractivity contribution is 0.0730. The number of aromatic nitrogens is 3. The molecule has 124 valence electrons. The standard InChI is InChI=1S/C14H18N4O3S2/c1-17-11-15-16-14(17)22-10-12-3-2-4-13(9-12)23(19,20)18-5-7-21-8-6-18/h2-4,9,11H,5-8,10H2,1H3. The molecular formula is C14H18N4O3S2. The normalized spacial score (nSPS) is 16.6. The number of sulfonamides is 1. The first-order valence-electron chi connectivity index (χ1n) is 7.21. The average Bonchev–Trinajstić information content (AvgIpc) is 2.99. The number of benzene rings is 1. The summed E-state index contributed by atoms with van der Waals surface area (Å²) < 4.78 is 33.9.